The van der Waals surface area contributed by atoms with E-state index in [1.807, 2.05) is 0 Å². The molecular weight excluding hydrogens is 228 g/mol. The molecule has 4 nitrogen and oxygen atoms in total. The fraction of sp³-hybridized carbons (Fsp3) is 0.929. The lowest BCUT2D eigenvalue weighted by atomic mass is 9.96. The number of hydrogen-bond donors (Lipinski definition) is 2. The second-order valence-corrected chi connectivity index (χ2v) is 5.92. The third-order valence-corrected chi connectivity index (χ3v) is 3.66. The Balaban J connectivity index is 2.15. The van der Waals surface area contributed by atoms with Crippen LogP contribution in [-0.2, 0) is 4.79 Å². The first kappa shape index (κ1) is 15.4. The van der Waals surface area contributed by atoms with Crippen LogP contribution >= 0.6 is 0 Å². The molecule has 0 aromatic rings. The number of carbonyl (C=O) groups is 1. The zero-order valence-corrected chi connectivity index (χ0v) is 11.8. The van der Waals surface area contributed by atoms with Crippen molar-refractivity contribution in [3.63, 3.8) is 0 Å². The molecule has 0 aliphatic heterocycles. The van der Waals surface area contributed by atoms with Crippen molar-refractivity contribution >= 4 is 5.97 Å². The van der Waals surface area contributed by atoms with Gasteiger partial charge in [0.1, 0.15) is 5.54 Å². The van der Waals surface area contributed by atoms with E-state index in [0.717, 1.165) is 31.8 Å². The molecule has 4 heteroatoms. The normalized spacial score (nSPS) is 18.9. The van der Waals surface area contributed by atoms with E-state index in [9.17, 15) is 4.79 Å². The maximum absolute atomic E-state index is 10.9. The van der Waals surface area contributed by atoms with E-state index >= 15 is 0 Å². The minimum absolute atomic E-state index is 0.561. The summed E-state index contributed by atoms with van der Waals surface area (Å²) in [5.74, 6) is 0.0289. The Labute approximate surface area is 111 Å². The molecule has 0 radical (unpaired) electrons. The zero-order valence-electron chi connectivity index (χ0n) is 11.8. The summed E-state index contributed by atoms with van der Waals surface area (Å²) in [5, 5.41) is 8.93. The molecule has 106 valence electrons. The summed E-state index contributed by atoms with van der Waals surface area (Å²) in [6.45, 7) is 7.28. The first-order valence-corrected chi connectivity index (χ1v) is 7.20. The SMILES string of the molecule is CCCN(CCCCC(C)(N)C(=O)O)CC1CC1. The molecular formula is C14H28N2O2. The highest BCUT2D eigenvalue weighted by Crippen LogP contribution is 2.29. The smallest absolute Gasteiger partial charge is 0.323 e. The highest BCUT2D eigenvalue weighted by Gasteiger charge is 2.27. The van der Waals surface area contributed by atoms with Gasteiger partial charge in [-0.3, -0.25) is 4.79 Å². The van der Waals surface area contributed by atoms with Crippen LogP contribution in [0.1, 0.15) is 52.4 Å². The Hall–Kier alpha value is -0.610. The lowest BCUT2D eigenvalue weighted by Crippen LogP contribution is -2.44. The standard InChI is InChI=1S/C14H28N2O2/c1-3-9-16(11-12-6-7-12)10-5-4-8-14(2,15)13(17)18/h12H,3-11,15H2,1-2H3,(H,17,18). The van der Waals surface area contributed by atoms with Gasteiger partial charge in [-0.25, -0.2) is 0 Å². The van der Waals surface area contributed by atoms with E-state index in [-0.39, 0.29) is 0 Å². The van der Waals surface area contributed by atoms with Crippen LogP contribution in [0.3, 0.4) is 0 Å². The van der Waals surface area contributed by atoms with Crippen LogP contribution in [-0.4, -0.2) is 41.1 Å². The monoisotopic (exact) mass is 256 g/mol. The Morgan fingerprint density at radius 1 is 1.39 bits per heavy atom. The van der Waals surface area contributed by atoms with Crippen molar-refractivity contribution in [2.45, 2.75) is 57.9 Å². The molecule has 0 saturated heterocycles. The van der Waals surface area contributed by atoms with Gasteiger partial charge in [-0.05, 0) is 64.5 Å². The molecule has 0 aromatic heterocycles. The summed E-state index contributed by atoms with van der Waals surface area (Å²) in [7, 11) is 0. The zero-order chi connectivity index (χ0) is 13.6. The molecule has 0 aromatic carbocycles. The molecule has 1 rings (SSSR count). The Kier molecular flexibility index (Phi) is 6.09. The first-order valence-electron chi connectivity index (χ1n) is 7.20. The molecule has 0 spiro atoms. The van der Waals surface area contributed by atoms with E-state index in [1.54, 1.807) is 6.92 Å². The van der Waals surface area contributed by atoms with Gasteiger partial charge >= 0.3 is 5.97 Å². The van der Waals surface area contributed by atoms with Crippen LogP contribution in [0.2, 0.25) is 0 Å². The summed E-state index contributed by atoms with van der Waals surface area (Å²) < 4.78 is 0. The minimum atomic E-state index is -1.06. The summed E-state index contributed by atoms with van der Waals surface area (Å²) in [5.41, 5.74) is 4.65. The summed E-state index contributed by atoms with van der Waals surface area (Å²) in [6, 6.07) is 0. The van der Waals surface area contributed by atoms with E-state index in [0.29, 0.717) is 6.42 Å². The Bertz CT molecular complexity index is 263. The summed E-state index contributed by atoms with van der Waals surface area (Å²) in [6.07, 6.45) is 6.47. The molecule has 1 aliphatic carbocycles. The van der Waals surface area contributed by atoms with E-state index < -0.39 is 11.5 Å². The lowest BCUT2D eigenvalue weighted by Gasteiger charge is -2.23. The van der Waals surface area contributed by atoms with Crippen LogP contribution in [0.5, 0.6) is 0 Å². The predicted octanol–water partition coefficient (Wildman–Crippen LogP) is 2.08. The van der Waals surface area contributed by atoms with Gasteiger partial charge in [0.25, 0.3) is 0 Å². The molecule has 3 N–H and O–H groups in total. The number of carboxylic acids is 1. The number of nitrogens with zero attached hydrogens (tertiary/aromatic N) is 1. The molecule has 0 heterocycles. The van der Waals surface area contributed by atoms with Gasteiger partial charge in [-0.2, -0.15) is 0 Å². The molecule has 1 saturated carbocycles. The van der Waals surface area contributed by atoms with Gasteiger partial charge in [0.05, 0.1) is 0 Å². The van der Waals surface area contributed by atoms with Gasteiger partial charge in [-0.15, -0.1) is 0 Å². The molecule has 18 heavy (non-hydrogen) atoms. The maximum atomic E-state index is 10.9. The predicted molar refractivity (Wildman–Crippen MR) is 73.5 cm³/mol. The van der Waals surface area contributed by atoms with Crippen molar-refractivity contribution in [3.05, 3.63) is 0 Å². The number of unbranched alkanes of at least 4 members (excludes halogenated alkanes) is 1. The Morgan fingerprint density at radius 2 is 2.06 bits per heavy atom. The lowest BCUT2D eigenvalue weighted by molar-refractivity contribution is -0.142. The number of rotatable bonds is 10. The van der Waals surface area contributed by atoms with Gasteiger partial charge in [0, 0.05) is 6.54 Å². The Morgan fingerprint density at radius 3 is 2.56 bits per heavy atom. The third-order valence-electron chi connectivity index (χ3n) is 3.66. The molecule has 1 unspecified atom stereocenters. The molecule has 1 aliphatic rings. The minimum Gasteiger partial charge on any atom is -0.480 e. The van der Waals surface area contributed by atoms with Crippen LogP contribution in [0.4, 0.5) is 0 Å². The fourth-order valence-electron chi connectivity index (χ4n) is 2.21. The largest absolute Gasteiger partial charge is 0.480 e. The third kappa shape index (κ3) is 5.83. The second kappa shape index (κ2) is 7.10. The average molecular weight is 256 g/mol. The van der Waals surface area contributed by atoms with Crippen molar-refractivity contribution in [3.8, 4) is 0 Å². The van der Waals surface area contributed by atoms with E-state index in [4.69, 9.17) is 10.8 Å². The number of nitrogens with two attached hydrogens (primary N) is 1. The van der Waals surface area contributed by atoms with Crippen molar-refractivity contribution in [2.75, 3.05) is 19.6 Å². The highest BCUT2D eigenvalue weighted by atomic mass is 16.4. The van der Waals surface area contributed by atoms with Gasteiger partial charge in [-0.1, -0.05) is 6.92 Å². The van der Waals surface area contributed by atoms with Gasteiger partial charge in [0.15, 0.2) is 0 Å². The summed E-state index contributed by atoms with van der Waals surface area (Å²) >= 11 is 0. The highest BCUT2D eigenvalue weighted by molar-refractivity contribution is 5.77. The average Bonchev–Trinajstić information content (AvgIpc) is 3.08. The molecule has 1 fully saturated rings. The maximum Gasteiger partial charge on any atom is 0.323 e. The van der Waals surface area contributed by atoms with Crippen molar-refractivity contribution < 1.29 is 9.90 Å². The van der Waals surface area contributed by atoms with Crippen LogP contribution < -0.4 is 5.73 Å². The number of aliphatic carboxylic acids is 1. The van der Waals surface area contributed by atoms with E-state index in [2.05, 4.69) is 11.8 Å². The van der Waals surface area contributed by atoms with Crippen molar-refractivity contribution in [2.24, 2.45) is 11.7 Å². The van der Waals surface area contributed by atoms with E-state index in [1.165, 1.54) is 25.8 Å². The number of hydrogen-bond acceptors (Lipinski definition) is 3. The molecule has 0 amide bonds. The number of carboxylic acid groups (broad SMARTS) is 1. The fourth-order valence-corrected chi connectivity index (χ4v) is 2.21. The van der Waals surface area contributed by atoms with Gasteiger partial charge in [0.2, 0.25) is 0 Å². The first-order chi connectivity index (χ1) is 8.45. The molecule has 0 bridgehead atoms. The topological polar surface area (TPSA) is 66.6 Å². The van der Waals surface area contributed by atoms with Crippen LogP contribution in [0, 0.1) is 5.92 Å². The quantitative estimate of drug-likeness (QED) is 0.587. The van der Waals surface area contributed by atoms with Crippen LogP contribution in [0.15, 0.2) is 0 Å². The van der Waals surface area contributed by atoms with Gasteiger partial charge < -0.3 is 15.7 Å². The summed E-state index contributed by atoms with van der Waals surface area (Å²) in [4.78, 5) is 13.4. The molecule has 1 atom stereocenters. The van der Waals surface area contributed by atoms with Crippen molar-refractivity contribution in [1.82, 2.24) is 4.90 Å². The van der Waals surface area contributed by atoms with Crippen LogP contribution in [0.25, 0.3) is 0 Å². The van der Waals surface area contributed by atoms with Crippen molar-refractivity contribution in [1.29, 1.82) is 0 Å². The second-order valence-electron chi connectivity index (χ2n) is 5.92.